The maximum atomic E-state index is 15.0. The molecule has 1 unspecified atom stereocenters. The summed E-state index contributed by atoms with van der Waals surface area (Å²) in [5, 5.41) is 10.2. The largest absolute Gasteiger partial charge is 0.527 e. The van der Waals surface area contributed by atoms with Crippen LogP contribution in [0.1, 0.15) is 13.2 Å². The number of halogens is 1. The molecular weight excluding hydrogens is 398 g/mol. The second kappa shape index (κ2) is 7.61. The highest BCUT2D eigenvalue weighted by molar-refractivity contribution is 7.47. The van der Waals surface area contributed by atoms with E-state index in [9.17, 15) is 24.2 Å². The van der Waals surface area contributed by atoms with Gasteiger partial charge < -0.3 is 14.4 Å². The summed E-state index contributed by atoms with van der Waals surface area (Å²) in [5.41, 5.74) is -4.06. The lowest BCUT2D eigenvalue weighted by atomic mass is 9.98. The number of hydrogen-bond donors (Lipinski definition) is 3. The lowest BCUT2D eigenvalue weighted by Crippen LogP contribution is -2.43. The van der Waals surface area contributed by atoms with Gasteiger partial charge in [0.15, 0.2) is 11.9 Å². The fourth-order valence-corrected chi connectivity index (χ4v) is 3.55. The van der Waals surface area contributed by atoms with Crippen LogP contribution < -0.4 is 15.8 Å². The van der Waals surface area contributed by atoms with Crippen LogP contribution in [-0.2, 0) is 13.8 Å². The van der Waals surface area contributed by atoms with Gasteiger partial charge in [0.05, 0.1) is 6.61 Å². The van der Waals surface area contributed by atoms with Gasteiger partial charge in [0, 0.05) is 12.3 Å². The van der Waals surface area contributed by atoms with Gasteiger partial charge in [-0.1, -0.05) is 18.2 Å². The fraction of sp³-hybridized carbons (Fsp3) is 0.375. The zero-order chi connectivity index (χ0) is 20.5. The summed E-state index contributed by atoms with van der Waals surface area (Å²) in [4.78, 5) is 34.8. The van der Waals surface area contributed by atoms with Crippen LogP contribution in [0.4, 0.5) is 4.39 Å². The Morgan fingerprint density at radius 2 is 2.00 bits per heavy atom. The third-order valence-electron chi connectivity index (χ3n) is 4.19. The monoisotopic (exact) mass is 416 g/mol. The predicted molar refractivity (Wildman–Crippen MR) is 93.6 cm³/mol. The van der Waals surface area contributed by atoms with Crippen molar-refractivity contribution >= 4 is 7.82 Å². The molecular formula is C16H18FN2O8P. The van der Waals surface area contributed by atoms with Crippen LogP contribution >= 0.6 is 7.82 Å². The van der Waals surface area contributed by atoms with Crippen LogP contribution in [0.3, 0.4) is 0 Å². The van der Waals surface area contributed by atoms with Crippen LogP contribution in [0.15, 0.2) is 52.2 Å². The molecule has 3 rings (SSSR count). The minimum Gasteiger partial charge on any atom is -0.404 e. The number of benzene rings is 1. The molecule has 1 aromatic carbocycles. The van der Waals surface area contributed by atoms with E-state index in [2.05, 4.69) is 0 Å². The van der Waals surface area contributed by atoms with E-state index < -0.39 is 49.8 Å². The molecule has 12 heteroatoms. The van der Waals surface area contributed by atoms with Gasteiger partial charge in [-0.15, -0.1) is 0 Å². The maximum absolute atomic E-state index is 15.0. The molecule has 0 amide bonds. The summed E-state index contributed by atoms with van der Waals surface area (Å²) < 4.78 is 42.8. The Morgan fingerprint density at radius 3 is 2.64 bits per heavy atom. The molecule has 2 heterocycles. The smallest absolute Gasteiger partial charge is 0.404 e. The maximum Gasteiger partial charge on any atom is 0.527 e. The number of H-pyrrole nitrogens is 1. The third kappa shape index (κ3) is 4.23. The van der Waals surface area contributed by atoms with E-state index in [0.717, 1.165) is 23.8 Å². The highest BCUT2D eigenvalue weighted by Crippen LogP contribution is 2.46. The number of aliphatic hydroxyl groups is 1. The lowest BCUT2D eigenvalue weighted by Gasteiger charge is -2.24. The van der Waals surface area contributed by atoms with Crippen LogP contribution in [-0.4, -0.2) is 44.0 Å². The van der Waals surface area contributed by atoms with Crippen molar-refractivity contribution in [3.05, 3.63) is 63.4 Å². The number of aromatic amines is 1. The number of hydrogen-bond acceptors (Lipinski definition) is 7. The lowest BCUT2D eigenvalue weighted by molar-refractivity contribution is -0.0603. The Bertz CT molecular complexity index is 992. The number of ether oxygens (including phenoxy) is 1. The van der Waals surface area contributed by atoms with E-state index in [1.165, 1.54) is 12.1 Å². The number of aromatic nitrogens is 2. The third-order valence-corrected chi connectivity index (χ3v) is 5.10. The van der Waals surface area contributed by atoms with Crippen LogP contribution in [0.5, 0.6) is 5.75 Å². The Labute approximate surface area is 157 Å². The molecule has 2 aromatic rings. The minimum absolute atomic E-state index is 0.0780. The molecule has 28 heavy (non-hydrogen) atoms. The first-order valence-electron chi connectivity index (χ1n) is 8.16. The highest BCUT2D eigenvalue weighted by atomic mass is 31.2. The summed E-state index contributed by atoms with van der Waals surface area (Å²) in [7, 11) is -4.57. The van der Waals surface area contributed by atoms with Gasteiger partial charge >= 0.3 is 13.5 Å². The summed E-state index contributed by atoms with van der Waals surface area (Å²) in [6, 6.07) is 8.71. The molecule has 0 radical (unpaired) electrons. The van der Waals surface area contributed by atoms with Crippen LogP contribution in [0.2, 0.25) is 0 Å². The van der Waals surface area contributed by atoms with E-state index >= 15 is 4.39 Å². The van der Waals surface area contributed by atoms with Crippen molar-refractivity contribution in [2.45, 2.75) is 31.0 Å². The normalized spacial score (nSPS) is 29.4. The summed E-state index contributed by atoms with van der Waals surface area (Å²) in [6.07, 6.45) is -3.73. The topological polar surface area (TPSA) is 140 Å². The highest BCUT2D eigenvalue weighted by Gasteiger charge is 2.55. The van der Waals surface area contributed by atoms with Gasteiger partial charge in [-0.25, -0.2) is 13.8 Å². The number of nitrogens with zero attached hydrogens (tertiary/aromatic N) is 1. The molecule has 1 aliphatic heterocycles. The zero-order valence-electron chi connectivity index (χ0n) is 14.6. The van der Waals surface area contributed by atoms with Gasteiger partial charge in [-0.2, -0.15) is 0 Å². The number of phosphoric acid groups is 1. The Hall–Kier alpha value is -2.30. The van der Waals surface area contributed by atoms with Crippen molar-refractivity contribution in [3.8, 4) is 5.75 Å². The van der Waals surface area contributed by atoms with E-state index in [-0.39, 0.29) is 5.75 Å². The second-order valence-corrected chi connectivity index (χ2v) is 7.69. The molecule has 1 aliphatic rings. The summed E-state index contributed by atoms with van der Waals surface area (Å²) in [6.45, 7) is 0.314. The van der Waals surface area contributed by atoms with Gasteiger partial charge in [0.2, 0.25) is 0 Å². The van der Waals surface area contributed by atoms with Gasteiger partial charge in [0.25, 0.3) is 5.56 Å². The molecule has 0 aliphatic carbocycles. The zero-order valence-corrected chi connectivity index (χ0v) is 15.5. The van der Waals surface area contributed by atoms with Crippen molar-refractivity contribution in [2.75, 3.05) is 6.61 Å². The molecule has 0 saturated carbocycles. The van der Waals surface area contributed by atoms with Gasteiger partial charge in [-0.3, -0.25) is 23.8 Å². The van der Waals surface area contributed by atoms with Gasteiger partial charge in [0.1, 0.15) is 18.0 Å². The number of nitrogens with one attached hydrogen (secondary N) is 1. The van der Waals surface area contributed by atoms with Crippen molar-refractivity contribution < 1.29 is 32.7 Å². The first kappa shape index (κ1) is 20.4. The molecule has 152 valence electrons. The van der Waals surface area contributed by atoms with Crippen molar-refractivity contribution in [2.24, 2.45) is 0 Å². The first-order chi connectivity index (χ1) is 13.1. The molecule has 10 nitrogen and oxygen atoms in total. The van der Waals surface area contributed by atoms with Crippen molar-refractivity contribution in [1.82, 2.24) is 9.55 Å². The Balaban J connectivity index is 1.72. The number of phosphoric ester groups is 1. The van der Waals surface area contributed by atoms with Crippen molar-refractivity contribution in [1.29, 1.82) is 0 Å². The molecule has 5 atom stereocenters. The molecule has 1 aromatic heterocycles. The molecule has 1 fully saturated rings. The van der Waals surface area contributed by atoms with Crippen LogP contribution in [0.25, 0.3) is 0 Å². The quantitative estimate of drug-likeness (QED) is 0.585. The van der Waals surface area contributed by atoms with Crippen molar-refractivity contribution in [3.63, 3.8) is 0 Å². The first-order valence-corrected chi connectivity index (χ1v) is 9.65. The SMILES string of the molecule is C[C@@]1(F)[C@H](O)[C@@H](COP(=O)(O)Oc2ccccc2)O[C@H]1n1ccc(=O)[nH]c1=O. The number of para-hydroxylation sites is 1. The van der Waals surface area contributed by atoms with E-state index in [0.29, 0.717) is 0 Å². The van der Waals surface area contributed by atoms with Gasteiger partial charge in [-0.05, 0) is 19.1 Å². The standard InChI is InChI=1S/C16H18FN2O8P/c1-16(17)13(21)11(26-14(16)19-8-7-12(20)18-15(19)22)9-25-28(23,24)27-10-5-3-2-4-6-10/h2-8,11,13-14,21H,9H2,1H3,(H,23,24)(H,18,20,22)/t11-,13-,14-,16-/m1/s1. The summed E-state index contributed by atoms with van der Waals surface area (Å²) in [5.74, 6) is 0.0780. The molecule has 1 saturated heterocycles. The van der Waals surface area contributed by atoms with E-state index in [1.54, 1.807) is 18.2 Å². The number of aliphatic hydroxyl groups excluding tert-OH is 1. The molecule has 0 bridgehead atoms. The summed E-state index contributed by atoms with van der Waals surface area (Å²) >= 11 is 0. The average molecular weight is 416 g/mol. The predicted octanol–water partition coefficient (Wildman–Crippen LogP) is 0.719. The number of alkyl halides is 1. The van der Waals surface area contributed by atoms with E-state index in [4.69, 9.17) is 13.8 Å². The average Bonchev–Trinajstić information content (AvgIpc) is 2.84. The van der Waals surface area contributed by atoms with E-state index in [1.807, 2.05) is 4.98 Å². The number of rotatable bonds is 6. The Morgan fingerprint density at radius 1 is 1.32 bits per heavy atom. The molecule has 0 spiro atoms. The molecule has 3 N–H and O–H groups in total. The Kier molecular flexibility index (Phi) is 5.55. The second-order valence-electron chi connectivity index (χ2n) is 6.31. The van der Waals surface area contributed by atoms with Crippen LogP contribution in [0, 0.1) is 0 Å². The fourth-order valence-electron chi connectivity index (χ4n) is 2.77. The minimum atomic E-state index is -4.57.